The highest BCUT2D eigenvalue weighted by Gasteiger charge is 2.27. The first-order valence-electron chi connectivity index (χ1n) is 7.92. The average molecular weight is 338 g/mol. The van der Waals surface area contributed by atoms with Gasteiger partial charge in [-0.05, 0) is 43.4 Å². The van der Waals surface area contributed by atoms with E-state index in [0.717, 1.165) is 0 Å². The van der Waals surface area contributed by atoms with E-state index in [1.54, 1.807) is 18.2 Å². The van der Waals surface area contributed by atoms with Gasteiger partial charge in [0, 0.05) is 23.1 Å². The van der Waals surface area contributed by atoms with E-state index < -0.39 is 0 Å². The fraction of sp³-hybridized carbons (Fsp3) is 0.529. The Morgan fingerprint density at radius 2 is 2.13 bits per heavy atom. The molecule has 1 amide bonds. The van der Waals surface area contributed by atoms with Crippen LogP contribution in [0, 0.1) is 11.8 Å². The Morgan fingerprint density at radius 3 is 2.83 bits per heavy atom. The summed E-state index contributed by atoms with van der Waals surface area (Å²) in [5, 5.41) is 3.21. The number of hydrogen-bond acceptors (Lipinski definition) is 4. The number of benzene rings is 1. The molecule has 1 heterocycles. The molecule has 2 fully saturated rings. The smallest absolute Gasteiger partial charge is 0.250 e. The molecule has 0 spiro atoms. The number of hydrogen-bond donors (Lipinski definition) is 1. The van der Waals surface area contributed by atoms with E-state index in [9.17, 15) is 9.59 Å². The van der Waals surface area contributed by atoms with Crippen molar-refractivity contribution in [3.63, 3.8) is 0 Å². The number of ketones is 1. The largest absolute Gasteiger partial charge is 0.381 e. The van der Waals surface area contributed by atoms with Gasteiger partial charge in [-0.2, -0.15) is 0 Å². The summed E-state index contributed by atoms with van der Waals surface area (Å²) in [6, 6.07) is 4.91. The van der Waals surface area contributed by atoms with E-state index >= 15 is 0 Å². The second kappa shape index (κ2) is 7.43. The Kier molecular flexibility index (Phi) is 5.30. The minimum Gasteiger partial charge on any atom is -0.381 e. The summed E-state index contributed by atoms with van der Waals surface area (Å²) >= 11 is 6.00. The van der Waals surface area contributed by atoms with Gasteiger partial charge in [-0.25, -0.2) is 0 Å². The van der Waals surface area contributed by atoms with Crippen LogP contribution in [0.15, 0.2) is 18.2 Å². The van der Waals surface area contributed by atoms with Gasteiger partial charge in [0.15, 0.2) is 5.78 Å². The summed E-state index contributed by atoms with van der Waals surface area (Å²) in [4.78, 5) is 24.6. The van der Waals surface area contributed by atoms with Crippen molar-refractivity contribution in [3.8, 4) is 0 Å². The van der Waals surface area contributed by atoms with Gasteiger partial charge in [-0.1, -0.05) is 11.6 Å². The Bertz CT molecular complexity index is 594. The molecule has 1 saturated heterocycles. The highest BCUT2D eigenvalue weighted by Crippen LogP contribution is 2.29. The number of amides is 1. The molecule has 0 radical (unpaired) electrons. The molecular formula is C17H20ClNO4. The van der Waals surface area contributed by atoms with E-state index in [1.165, 1.54) is 12.8 Å². The van der Waals surface area contributed by atoms with Gasteiger partial charge in [0.05, 0.1) is 18.9 Å². The molecule has 124 valence electrons. The van der Waals surface area contributed by atoms with Crippen molar-refractivity contribution in [1.82, 2.24) is 0 Å². The van der Waals surface area contributed by atoms with Crippen molar-refractivity contribution >= 4 is 29.0 Å². The van der Waals surface area contributed by atoms with E-state index in [2.05, 4.69) is 5.32 Å². The third-order valence-corrected chi connectivity index (χ3v) is 4.34. The lowest BCUT2D eigenvalue weighted by atomic mass is 9.96. The molecule has 1 atom stereocenters. The fourth-order valence-corrected chi connectivity index (χ4v) is 2.76. The van der Waals surface area contributed by atoms with Crippen molar-refractivity contribution < 1.29 is 19.1 Å². The molecule has 1 aliphatic heterocycles. The predicted octanol–water partition coefficient (Wildman–Crippen LogP) is 2.92. The minimum absolute atomic E-state index is 0.0107. The Hall–Kier alpha value is -1.43. The standard InChI is InChI=1S/C17H20ClNO4/c18-13-3-4-14(17(21)12-5-6-22-9-12)15(7-13)19-16(20)10-23-8-11-1-2-11/h3-4,7,11-12H,1-2,5-6,8-10H2,(H,19,20). The molecule has 3 rings (SSSR count). The molecule has 1 aromatic carbocycles. The SMILES string of the molecule is O=C(COCC1CC1)Nc1cc(Cl)ccc1C(=O)C1CCOC1. The second-order valence-electron chi connectivity index (χ2n) is 6.12. The molecule has 5 nitrogen and oxygen atoms in total. The van der Waals surface area contributed by atoms with Crippen molar-refractivity contribution in [2.75, 3.05) is 31.7 Å². The van der Waals surface area contributed by atoms with Crippen molar-refractivity contribution in [3.05, 3.63) is 28.8 Å². The molecule has 1 unspecified atom stereocenters. The summed E-state index contributed by atoms with van der Waals surface area (Å²) in [5.41, 5.74) is 0.912. The maximum Gasteiger partial charge on any atom is 0.250 e. The van der Waals surface area contributed by atoms with Gasteiger partial charge in [0.2, 0.25) is 5.91 Å². The Balaban J connectivity index is 1.65. The lowest BCUT2D eigenvalue weighted by molar-refractivity contribution is -0.120. The van der Waals surface area contributed by atoms with E-state index in [4.69, 9.17) is 21.1 Å². The first kappa shape index (κ1) is 16.4. The molecular weight excluding hydrogens is 318 g/mol. The third-order valence-electron chi connectivity index (χ3n) is 4.11. The first-order chi connectivity index (χ1) is 11.1. The van der Waals surface area contributed by atoms with Crippen LogP contribution in [0.25, 0.3) is 0 Å². The number of halogens is 1. The number of rotatable bonds is 7. The first-order valence-corrected chi connectivity index (χ1v) is 8.30. The fourth-order valence-electron chi connectivity index (χ4n) is 2.59. The summed E-state index contributed by atoms with van der Waals surface area (Å²) < 4.78 is 10.6. The lowest BCUT2D eigenvalue weighted by Gasteiger charge is -2.13. The zero-order valence-corrected chi connectivity index (χ0v) is 13.6. The van der Waals surface area contributed by atoms with Crippen LogP contribution in [-0.2, 0) is 14.3 Å². The summed E-state index contributed by atoms with van der Waals surface area (Å²) in [5.74, 6) is 0.157. The van der Waals surface area contributed by atoms with Crippen LogP contribution >= 0.6 is 11.6 Å². The molecule has 2 aliphatic rings. The van der Waals surface area contributed by atoms with Crippen LogP contribution in [0.1, 0.15) is 29.6 Å². The summed E-state index contributed by atoms with van der Waals surface area (Å²) in [6.07, 6.45) is 3.06. The van der Waals surface area contributed by atoms with Gasteiger partial charge in [0.25, 0.3) is 0 Å². The number of ether oxygens (including phenoxy) is 2. The molecule has 6 heteroatoms. The van der Waals surface area contributed by atoms with Crippen molar-refractivity contribution in [2.45, 2.75) is 19.3 Å². The highest BCUT2D eigenvalue weighted by molar-refractivity contribution is 6.31. The van der Waals surface area contributed by atoms with Crippen LogP contribution in [0.2, 0.25) is 5.02 Å². The quantitative estimate of drug-likeness (QED) is 0.777. The molecule has 1 N–H and O–H groups in total. The predicted molar refractivity (Wildman–Crippen MR) is 86.9 cm³/mol. The molecule has 23 heavy (non-hydrogen) atoms. The number of carbonyl (C=O) groups excluding carboxylic acids is 2. The number of anilines is 1. The Labute approximate surface area is 140 Å². The maximum atomic E-state index is 12.6. The van der Waals surface area contributed by atoms with Crippen LogP contribution < -0.4 is 5.32 Å². The zero-order valence-electron chi connectivity index (χ0n) is 12.8. The van der Waals surface area contributed by atoms with Gasteiger partial charge in [-0.3, -0.25) is 9.59 Å². The number of Topliss-reactive ketones (excluding diaryl/α,β-unsaturated/α-hetero) is 1. The van der Waals surface area contributed by atoms with Crippen molar-refractivity contribution in [2.24, 2.45) is 11.8 Å². The summed E-state index contributed by atoms with van der Waals surface area (Å²) in [7, 11) is 0. The Morgan fingerprint density at radius 1 is 1.30 bits per heavy atom. The molecule has 0 aromatic heterocycles. The van der Waals surface area contributed by atoms with Gasteiger partial charge in [-0.15, -0.1) is 0 Å². The van der Waals surface area contributed by atoms with E-state index in [-0.39, 0.29) is 24.2 Å². The molecule has 0 bridgehead atoms. The van der Waals surface area contributed by atoms with Gasteiger partial charge >= 0.3 is 0 Å². The van der Waals surface area contributed by atoms with Crippen LogP contribution in [0.4, 0.5) is 5.69 Å². The third kappa shape index (κ3) is 4.53. The molecule has 1 saturated carbocycles. The molecule has 1 aliphatic carbocycles. The number of carbonyl (C=O) groups is 2. The van der Waals surface area contributed by atoms with Gasteiger partial charge < -0.3 is 14.8 Å². The van der Waals surface area contributed by atoms with Crippen LogP contribution in [0.3, 0.4) is 0 Å². The zero-order chi connectivity index (χ0) is 16.2. The minimum atomic E-state index is -0.273. The van der Waals surface area contributed by atoms with Crippen LogP contribution in [0.5, 0.6) is 0 Å². The number of nitrogens with one attached hydrogen (secondary N) is 1. The average Bonchev–Trinajstić information content (AvgIpc) is 3.17. The topological polar surface area (TPSA) is 64.6 Å². The normalized spacial score (nSPS) is 20.5. The van der Waals surface area contributed by atoms with Crippen molar-refractivity contribution in [1.29, 1.82) is 0 Å². The highest BCUT2D eigenvalue weighted by atomic mass is 35.5. The maximum absolute atomic E-state index is 12.6. The summed E-state index contributed by atoms with van der Waals surface area (Å²) in [6.45, 7) is 1.64. The second-order valence-corrected chi connectivity index (χ2v) is 6.56. The van der Waals surface area contributed by atoms with E-state index in [0.29, 0.717) is 48.4 Å². The lowest BCUT2D eigenvalue weighted by Crippen LogP contribution is -2.22. The van der Waals surface area contributed by atoms with E-state index in [1.807, 2.05) is 0 Å². The van der Waals surface area contributed by atoms with Crippen LogP contribution in [-0.4, -0.2) is 38.1 Å². The van der Waals surface area contributed by atoms with Gasteiger partial charge in [0.1, 0.15) is 6.61 Å². The molecule has 1 aromatic rings. The monoisotopic (exact) mass is 337 g/mol.